The van der Waals surface area contributed by atoms with E-state index in [9.17, 15) is 4.79 Å². The highest BCUT2D eigenvalue weighted by atomic mass is 35.5. The lowest BCUT2D eigenvalue weighted by atomic mass is 9.75. The first-order valence-corrected chi connectivity index (χ1v) is 8.00. The van der Waals surface area contributed by atoms with Crippen LogP contribution in [0.25, 0.3) is 0 Å². The largest absolute Gasteiger partial charge is 0.351 e. The van der Waals surface area contributed by atoms with E-state index in [1.54, 1.807) is 0 Å². The lowest BCUT2D eigenvalue weighted by molar-refractivity contribution is -0.132. The summed E-state index contributed by atoms with van der Waals surface area (Å²) in [4.78, 5) is 12.5. The van der Waals surface area contributed by atoms with Crippen molar-refractivity contribution in [3.05, 3.63) is 0 Å². The lowest BCUT2D eigenvalue weighted by Gasteiger charge is -2.34. The van der Waals surface area contributed by atoms with Crippen LogP contribution < -0.4 is 5.32 Å². The van der Waals surface area contributed by atoms with Crippen LogP contribution in [0, 0.1) is 5.41 Å². The molecular weight excluding hydrogens is 246 g/mol. The van der Waals surface area contributed by atoms with Crippen LogP contribution >= 0.6 is 11.6 Å². The molecule has 0 spiro atoms. The van der Waals surface area contributed by atoms with E-state index in [0.717, 1.165) is 25.7 Å². The molecule has 2 unspecified atom stereocenters. The van der Waals surface area contributed by atoms with E-state index >= 15 is 0 Å². The molecule has 2 saturated carbocycles. The van der Waals surface area contributed by atoms with Crippen molar-refractivity contribution in [2.24, 2.45) is 5.41 Å². The first-order chi connectivity index (χ1) is 8.62. The third kappa shape index (κ3) is 3.40. The highest BCUT2D eigenvalue weighted by molar-refractivity contribution is 6.21. The van der Waals surface area contributed by atoms with E-state index in [2.05, 4.69) is 12.2 Å². The molecule has 0 aliphatic heterocycles. The van der Waals surface area contributed by atoms with Crippen molar-refractivity contribution in [3.8, 4) is 0 Å². The fourth-order valence-corrected chi connectivity index (χ4v) is 3.67. The van der Waals surface area contributed by atoms with Crippen LogP contribution in [-0.2, 0) is 4.79 Å². The second-order valence-corrected chi connectivity index (χ2v) is 6.92. The summed E-state index contributed by atoms with van der Waals surface area (Å²) in [6.45, 7) is 2.13. The summed E-state index contributed by atoms with van der Waals surface area (Å²) in [6, 6.07) is 0.195. The first-order valence-electron chi connectivity index (χ1n) is 7.57. The van der Waals surface area contributed by atoms with Crippen LogP contribution in [0.2, 0.25) is 0 Å². The maximum atomic E-state index is 12.5. The van der Waals surface area contributed by atoms with Crippen LogP contribution in [0.1, 0.15) is 71.1 Å². The highest BCUT2D eigenvalue weighted by Gasteiger charge is 2.36. The molecule has 2 rings (SSSR count). The number of rotatable bonds is 2. The average molecular weight is 272 g/mol. The Morgan fingerprint density at radius 2 is 1.67 bits per heavy atom. The molecule has 2 fully saturated rings. The van der Waals surface area contributed by atoms with Crippen LogP contribution in [0.3, 0.4) is 0 Å². The second-order valence-electron chi connectivity index (χ2n) is 6.36. The molecule has 0 aromatic heterocycles. The number of carbonyl (C=O) groups excluding carboxylic acids is 1. The monoisotopic (exact) mass is 271 g/mol. The third-order valence-electron chi connectivity index (χ3n) is 4.75. The summed E-state index contributed by atoms with van der Waals surface area (Å²) in [5.41, 5.74) is -0.138. The Bertz CT molecular complexity index is 286. The Labute approximate surface area is 116 Å². The van der Waals surface area contributed by atoms with Gasteiger partial charge >= 0.3 is 0 Å². The van der Waals surface area contributed by atoms with E-state index in [0.29, 0.717) is 0 Å². The topological polar surface area (TPSA) is 29.1 Å². The number of halogens is 1. The molecule has 2 atom stereocenters. The summed E-state index contributed by atoms with van der Waals surface area (Å²) in [5.74, 6) is 0.250. The van der Waals surface area contributed by atoms with Gasteiger partial charge < -0.3 is 5.32 Å². The van der Waals surface area contributed by atoms with Gasteiger partial charge in [-0.25, -0.2) is 0 Å². The van der Waals surface area contributed by atoms with Gasteiger partial charge in [-0.1, -0.05) is 45.4 Å². The van der Waals surface area contributed by atoms with Crippen molar-refractivity contribution in [1.82, 2.24) is 5.32 Å². The quantitative estimate of drug-likeness (QED) is 0.597. The summed E-state index contributed by atoms with van der Waals surface area (Å²) < 4.78 is 0. The molecule has 2 aliphatic rings. The summed E-state index contributed by atoms with van der Waals surface area (Å²) in [7, 11) is 0. The molecule has 2 nitrogen and oxygen atoms in total. The molecule has 0 aromatic rings. The van der Waals surface area contributed by atoms with Gasteiger partial charge in [-0.05, 0) is 25.7 Å². The summed E-state index contributed by atoms with van der Waals surface area (Å²) in [6.07, 6.45) is 11.5. The minimum absolute atomic E-state index is 0.128. The molecule has 18 heavy (non-hydrogen) atoms. The average Bonchev–Trinajstić information content (AvgIpc) is 2.56. The fraction of sp³-hybridized carbons (Fsp3) is 0.933. The summed E-state index contributed by atoms with van der Waals surface area (Å²) >= 11 is 6.40. The Balaban J connectivity index is 1.92. The maximum absolute atomic E-state index is 12.5. The zero-order valence-electron chi connectivity index (χ0n) is 11.5. The van der Waals surface area contributed by atoms with E-state index in [-0.39, 0.29) is 22.7 Å². The minimum atomic E-state index is -0.138. The number of carbonyl (C=O) groups is 1. The molecule has 3 heteroatoms. The predicted molar refractivity (Wildman–Crippen MR) is 75.8 cm³/mol. The SMILES string of the molecule is CC1(C(=O)NC2CCCCCC2Cl)CCCCC1. The van der Waals surface area contributed by atoms with Gasteiger partial charge in [0, 0.05) is 11.5 Å². The number of hydrogen-bond donors (Lipinski definition) is 1. The molecule has 2 aliphatic carbocycles. The lowest BCUT2D eigenvalue weighted by Crippen LogP contribution is -2.48. The van der Waals surface area contributed by atoms with Gasteiger partial charge in [-0.15, -0.1) is 11.6 Å². The van der Waals surface area contributed by atoms with Crippen molar-refractivity contribution >= 4 is 17.5 Å². The Morgan fingerprint density at radius 3 is 2.39 bits per heavy atom. The molecule has 0 heterocycles. The van der Waals surface area contributed by atoms with Crippen molar-refractivity contribution in [2.75, 3.05) is 0 Å². The van der Waals surface area contributed by atoms with Crippen LogP contribution in [0.4, 0.5) is 0 Å². The third-order valence-corrected chi connectivity index (χ3v) is 5.28. The predicted octanol–water partition coefficient (Wildman–Crippen LogP) is 4.01. The normalized spacial score (nSPS) is 32.6. The van der Waals surface area contributed by atoms with Crippen LogP contribution in [0.5, 0.6) is 0 Å². The van der Waals surface area contributed by atoms with Crippen LogP contribution in [-0.4, -0.2) is 17.3 Å². The second kappa shape index (κ2) is 6.27. The smallest absolute Gasteiger partial charge is 0.226 e. The Hall–Kier alpha value is -0.240. The standard InChI is InChI=1S/C15H26ClNO/c1-15(10-6-3-7-11-15)14(18)17-13-9-5-2-4-8-12(13)16/h12-13H,2-11H2,1H3,(H,17,18). The van der Waals surface area contributed by atoms with Gasteiger partial charge in [0.2, 0.25) is 5.91 Å². The van der Waals surface area contributed by atoms with E-state index in [1.807, 2.05) is 0 Å². The van der Waals surface area contributed by atoms with Crippen molar-refractivity contribution in [3.63, 3.8) is 0 Å². The zero-order chi connectivity index (χ0) is 13.0. The molecule has 0 radical (unpaired) electrons. The Morgan fingerprint density at radius 1 is 1.06 bits per heavy atom. The van der Waals surface area contributed by atoms with Gasteiger partial charge in [0.05, 0.1) is 5.38 Å². The Kier molecular flexibility index (Phi) is 4.94. The molecule has 0 bridgehead atoms. The first kappa shape index (κ1) is 14.2. The van der Waals surface area contributed by atoms with E-state index in [4.69, 9.17) is 11.6 Å². The number of nitrogens with one attached hydrogen (secondary N) is 1. The zero-order valence-corrected chi connectivity index (χ0v) is 12.3. The van der Waals surface area contributed by atoms with Gasteiger partial charge in [0.25, 0.3) is 0 Å². The van der Waals surface area contributed by atoms with Crippen molar-refractivity contribution in [2.45, 2.75) is 82.6 Å². The van der Waals surface area contributed by atoms with E-state index in [1.165, 1.54) is 38.5 Å². The fourth-order valence-electron chi connectivity index (χ4n) is 3.33. The molecule has 1 N–H and O–H groups in total. The van der Waals surface area contributed by atoms with Gasteiger partial charge in [-0.3, -0.25) is 4.79 Å². The van der Waals surface area contributed by atoms with Gasteiger partial charge in [-0.2, -0.15) is 0 Å². The number of hydrogen-bond acceptors (Lipinski definition) is 1. The summed E-state index contributed by atoms with van der Waals surface area (Å²) in [5, 5.41) is 3.38. The van der Waals surface area contributed by atoms with Crippen molar-refractivity contribution < 1.29 is 4.79 Å². The van der Waals surface area contributed by atoms with Gasteiger partial charge in [0.15, 0.2) is 0 Å². The maximum Gasteiger partial charge on any atom is 0.226 e. The number of alkyl halides is 1. The number of amides is 1. The highest BCUT2D eigenvalue weighted by Crippen LogP contribution is 2.36. The molecule has 0 saturated heterocycles. The minimum Gasteiger partial charge on any atom is -0.351 e. The van der Waals surface area contributed by atoms with Crippen LogP contribution in [0.15, 0.2) is 0 Å². The molecule has 0 aromatic carbocycles. The van der Waals surface area contributed by atoms with Gasteiger partial charge in [0.1, 0.15) is 0 Å². The van der Waals surface area contributed by atoms with E-state index < -0.39 is 0 Å². The van der Waals surface area contributed by atoms with Crippen molar-refractivity contribution in [1.29, 1.82) is 0 Å². The molecular formula is C15H26ClNO. The molecule has 1 amide bonds. The molecule has 104 valence electrons.